The predicted octanol–water partition coefficient (Wildman–Crippen LogP) is 5.36. The Morgan fingerprint density at radius 2 is 1.76 bits per heavy atom. The van der Waals surface area contributed by atoms with Gasteiger partial charge < -0.3 is 25.4 Å². The number of aromatic nitrogens is 1. The topological polar surface area (TPSA) is 127 Å². The molecule has 0 spiro atoms. The van der Waals surface area contributed by atoms with E-state index in [4.69, 9.17) is 27.9 Å². The molecule has 3 N–H and O–H groups in total. The predicted molar refractivity (Wildman–Crippen MR) is 196 cm³/mol. The van der Waals surface area contributed by atoms with Gasteiger partial charge in [0.1, 0.15) is 29.3 Å². The van der Waals surface area contributed by atoms with Crippen LogP contribution in [-0.4, -0.2) is 89.4 Å². The Bertz CT molecular complexity index is 1650. The minimum absolute atomic E-state index is 0.0364. The molecule has 3 heterocycles. The number of aliphatic hydroxyl groups is 1. The normalized spacial score (nSPS) is 18.8. The maximum absolute atomic E-state index is 12.4. The van der Waals surface area contributed by atoms with Gasteiger partial charge in [0, 0.05) is 62.5 Å². The van der Waals surface area contributed by atoms with Crippen LogP contribution in [0.15, 0.2) is 46.1 Å². The number of rotatable bonds is 13. The van der Waals surface area contributed by atoms with Gasteiger partial charge in [-0.3, -0.25) is 24.2 Å². The molecule has 3 aromatic rings. The number of nitrogens with zero attached hydrogens (tertiary/aromatic N) is 4. The second-order valence-corrected chi connectivity index (χ2v) is 14.8. The summed E-state index contributed by atoms with van der Waals surface area (Å²) in [5.41, 5.74) is -0.270. The maximum Gasteiger partial charge on any atom is 0.325 e. The summed E-state index contributed by atoms with van der Waals surface area (Å²) in [4.78, 5) is 48.8. The zero-order valence-electron chi connectivity index (χ0n) is 28.8. The van der Waals surface area contributed by atoms with E-state index < -0.39 is 22.4 Å². The Labute approximate surface area is 298 Å². The number of hydrogen-bond donors (Lipinski definition) is 3. The first-order valence-corrected chi connectivity index (χ1v) is 18.0. The number of likely N-dealkylation sites (tertiary alicyclic amines) is 1. The summed E-state index contributed by atoms with van der Waals surface area (Å²) in [5.74, 6) is 0.152. The number of nitrogens with one attached hydrogen (secondary N) is 2. The lowest BCUT2D eigenvalue weighted by Crippen LogP contribution is -2.58. The van der Waals surface area contributed by atoms with Crippen molar-refractivity contribution in [2.75, 3.05) is 61.4 Å². The molecule has 2 aliphatic heterocycles. The van der Waals surface area contributed by atoms with Crippen LogP contribution in [0, 0.1) is 0 Å². The number of ether oxygens (including phenoxy) is 1. The van der Waals surface area contributed by atoms with Crippen LogP contribution in [0.1, 0.15) is 71.4 Å². The van der Waals surface area contributed by atoms with Crippen molar-refractivity contribution < 1.29 is 14.6 Å². The van der Waals surface area contributed by atoms with Crippen LogP contribution in [0.5, 0.6) is 0 Å². The lowest BCUT2D eigenvalue weighted by Gasteiger charge is -2.49. The first-order valence-electron chi connectivity index (χ1n) is 17.2. The van der Waals surface area contributed by atoms with E-state index >= 15 is 0 Å². The molecule has 0 radical (unpaired) electrons. The highest BCUT2D eigenvalue weighted by atomic mass is 35.5. The molecular formula is C36H48Cl2N6O5. The zero-order valence-corrected chi connectivity index (χ0v) is 30.3. The Kier molecular flexibility index (Phi) is 12.3. The van der Waals surface area contributed by atoms with Gasteiger partial charge in [-0.2, -0.15) is 0 Å². The first-order chi connectivity index (χ1) is 23.4. The van der Waals surface area contributed by atoms with Crippen molar-refractivity contribution in [2.24, 2.45) is 0 Å². The molecule has 5 rings (SSSR count). The molecule has 0 unspecified atom stereocenters. The van der Waals surface area contributed by atoms with Crippen LogP contribution in [0.25, 0.3) is 0 Å². The van der Waals surface area contributed by atoms with Gasteiger partial charge in [-0.25, -0.2) is 4.98 Å². The van der Waals surface area contributed by atoms with Crippen molar-refractivity contribution >= 4 is 52.1 Å². The van der Waals surface area contributed by atoms with E-state index in [0.29, 0.717) is 35.0 Å². The molecule has 2 fully saturated rings. The summed E-state index contributed by atoms with van der Waals surface area (Å²) in [5, 5.41) is 16.7. The monoisotopic (exact) mass is 714 g/mol. The summed E-state index contributed by atoms with van der Waals surface area (Å²) in [6.07, 6.45) is 6.58. The third kappa shape index (κ3) is 9.12. The van der Waals surface area contributed by atoms with Crippen molar-refractivity contribution in [3.8, 4) is 0 Å². The molecule has 11 nitrogen and oxygen atoms in total. The fourth-order valence-corrected chi connectivity index (χ4v) is 7.53. The molecular weight excluding hydrogens is 667 g/mol. The molecule has 13 heteroatoms. The molecule has 0 aliphatic carbocycles. The van der Waals surface area contributed by atoms with E-state index in [1.807, 2.05) is 12.1 Å². The van der Waals surface area contributed by atoms with Crippen molar-refractivity contribution in [3.05, 3.63) is 72.6 Å². The third-order valence-electron chi connectivity index (χ3n) is 9.35. The van der Waals surface area contributed by atoms with Crippen LogP contribution < -0.4 is 26.4 Å². The molecule has 2 atom stereocenters. The number of aliphatic hydroxyl groups excluding tert-OH is 1. The molecule has 0 saturated carbocycles. The van der Waals surface area contributed by atoms with Gasteiger partial charge in [0.25, 0.3) is 10.9 Å². The zero-order chi connectivity index (χ0) is 35.3. The van der Waals surface area contributed by atoms with Gasteiger partial charge in [-0.1, -0.05) is 48.7 Å². The van der Waals surface area contributed by atoms with Crippen molar-refractivity contribution in [2.45, 2.75) is 83.5 Å². The van der Waals surface area contributed by atoms with E-state index in [0.717, 1.165) is 63.4 Å². The lowest BCUT2D eigenvalue weighted by atomic mass is 9.94. The van der Waals surface area contributed by atoms with Crippen molar-refractivity contribution in [1.82, 2.24) is 14.8 Å². The van der Waals surface area contributed by atoms with Gasteiger partial charge in [-0.05, 0) is 70.2 Å². The Hall–Kier alpha value is -3.22. The summed E-state index contributed by atoms with van der Waals surface area (Å²) in [6, 6.07) is 10.7. The van der Waals surface area contributed by atoms with Gasteiger partial charge in [0.05, 0.1) is 16.9 Å². The number of carbonyl (C=O) groups excluding carboxylic acids is 1. The van der Waals surface area contributed by atoms with Crippen LogP contribution in [0.3, 0.4) is 0 Å². The van der Waals surface area contributed by atoms with Gasteiger partial charge >= 0.3 is 5.97 Å². The average Bonchev–Trinajstić information content (AvgIpc) is 3.06. The van der Waals surface area contributed by atoms with Crippen molar-refractivity contribution in [3.63, 3.8) is 0 Å². The molecule has 49 heavy (non-hydrogen) atoms. The molecule has 266 valence electrons. The highest BCUT2D eigenvalue weighted by Crippen LogP contribution is 2.34. The van der Waals surface area contributed by atoms with Crippen LogP contribution in [0.4, 0.5) is 22.9 Å². The standard InChI is InChI=1S/C36H48Cl2N6O5/c1-5-6-27-22-43(16-17-44(27)26-11-14-42(15-12-26)29(13-18-45)23-7-9-24(37)10-8-23)35-28(38)19-25(20-40-35)41-32-31(33(47)34(32)48)39-21-30(46)49-36(2,3)4/h7-10,19-20,26-27,29,39,41,45H,5-6,11-18,21-22H2,1-4H3/t27-,29+/m0/s1. The quantitative estimate of drug-likeness (QED) is 0.156. The van der Waals surface area contributed by atoms with E-state index in [1.54, 1.807) is 33.0 Å². The Morgan fingerprint density at radius 1 is 1.06 bits per heavy atom. The number of piperidine rings is 1. The van der Waals surface area contributed by atoms with Gasteiger partial charge in [0.15, 0.2) is 0 Å². The second-order valence-electron chi connectivity index (χ2n) is 14.0. The number of hydrogen-bond acceptors (Lipinski definition) is 11. The van der Waals surface area contributed by atoms with Gasteiger partial charge in [-0.15, -0.1) is 0 Å². The van der Waals surface area contributed by atoms with Crippen LogP contribution in [-0.2, 0) is 9.53 Å². The molecule has 1 aromatic heterocycles. The van der Waals surface area contributed by atoms with E-state index in [2.05, 4.69) is 49.4 Å². The number of piperazine rings is 1. The number of carbonyl (C=O) groups is 1. The Balaban J connectivity index is 1.19. The minimum Gasteiger partial charge on any atom is -0.459 e. The molecule has 2 saturated heterocycles. The number of pyridine rings is 1. The van der Waals surface area contributed by atoms with Gasteiger partial charge in [0.2, 0.25) is 0 Å². The smallest absolute Gasteiger partial charge is 0.325 e. The number of anilines is 4. The first kappa shape index (κ1) is 37.0. The van der Waals surface area contributed by atoms with Crippen LogP contribution >= 0.6 is 23.2 Å². The van der Waals surface area contributed by atoms with Crippen molar-refractivity contribution in [1.29, 1.82) is 0 Å². The molecule has 2 aromatic carbocycles. The second kappa shape index (κ2) is 16.2. The highest BCUT2D eigenvalue weighted by Gasteiger charge is 2.36. The maximum atomic E-state index is 12.4. The van der Waals surface area contributed by atoms with E-state index in [-0.39, 0.29) is 30.6 Å². The Morgan fingerprint density at radius 3 is 2.39 bits per heavy atom. The summed E-state index contributed by atoms with van der Waals surface area (Å²) in [7, 11) is 0. The fraction of sp³-hybridized carbons (Fsp3) is 0.556. The highest BCUT2D eigenvalue weighted by molar-refractivity contribution is 6.33. The largest absolute Gasteiger partial charge is 0.459 e. The summed E-state index contributed by atoms with van der Waals surface area (Å²) >= 11 is 12.9. The van der Waals surface area contributed by atoms with E-state index in [1.165, 1.54) is 5.56 Å². The fourth-order valence-electron chi connectivity index (χ4n) is 7.12. The lowest BCUT2D eigenvalue weighted by molar-refractivity contribution is -0.152. The average molecular weight is 716 g/mol. The molecule has 0 bridgehead atoms. The summed E-state index contributed by atoms with van der Waals surface area (Å²) in [6.45, 7) is 11.8. The summed E-state index contributed by atoms with van der Waals surface area (Å²) < 4.78 is 5.27. The van der Waals surface area contributed by atoms with Crippen LogP contribution in [0.2, 0.25) is 10.0 Å². The SMILES string of the molecule is CCC[C@H]1CN(c2ncc(Nc3c(NCC(=O)OC(C)(C)C)c(=O)c3=O)cc2Cl)CCN1C1CCN([C@H](CCO)c2ccc(Cl)cc2)CC1. The molecule has 2 aliphatic rings. The third-order valence-corrected chi connectivity index (χ3v) is 9.88. The van der Waals surface area contributed by atoms with E-state index in [9.17, 15) is 19.5 Å². The number of benzene rings is 1. The minimum atomic E-state index is -0.696. The number of esters is 1. The molecule has 0 amide bonds. The number of halogens is 2.